The summed E-state index contributed by atoms with van der Waals surface area (Å²) in [7, 11) is 0. The first-order valence-electron chi connectivity index (χ1n) is 9.00. The summed E-state index contributed by atoms with van der Waals surface area (Å²) in [6.45, 7) is 1.65. The lowest BCUT2D eigenvalue weighted by Gasteiger charge is -2.15. The van der Waals surface area contributed by atoms with E-state index in [1.165, 1.54) is 0 Å². The van der Waals surface area contributed by atoms with Crippen molar-refractivity contribution in [1.29, 1.82) is 10.5 Å². The van der Waals surface area contributed by atoms with Crippen molar-refractivity contribution in [3.05, 3.63) is 77.6 Å². The molecule has 0 aliphatic carbocycles. The lowest BCUT2D eigenvalue weighted by atomic mass is 9.86. The van der Waals surface area contributed by atoms with Crippen LogP contribution in [0.25, 0.3) is 0 Å². The third-order valence-electron chi connectivity index (χ3n) is 4.45. The molecule has 0 saturated carbocycles. The Kier molecular flexibility index (Phi) is 6.16. The first-order valence-corrected chi connectivity index (χ1v) is 9.00. The van der Waals surface area contributed by atoms with Crippen LogP contribution in [0.3, 0.4) is 0 Å². The molecule has 9 heteroatoms. The van der Waals surface area contributed by atoms with Crippen LogP contribution in [0.1, 0.15) is 28.8 Å². The Hall–Kier alpha value is -4.50. The van der Waals surface area contributed by atoms with Gasteiger partial charge in [0.05, 0.1) is 12.1 Å². The van der Waals surface area contributed by atoms with Gasteiger partial charge in [-0.15, -0.1) is 10.2 Å². The number of aromatic nitrogens is 3. The van der Waals surface area contributed by atoms with Gasteiger partial charge in [0, 0.05) is 0 Å². The molecule has 0 bridgehead atoms. The molecule has 3 aromatic rings. The Morgan fingerprint density at radius 1 is 1.00 bits per heavy atom. The number of nitrogens with two attached hydrogens (primary N) is 1. The summed E-state index contributed by atoms with van der Waals surface area (Å²) < 4.78 is 1.16. The molecule has 3 N–H and O–H groups in total. The standard InChI is InChI=1S/C21H18N8O/c1-14-25-27-21(29(14)24)28-26-19(17(12-22)15-8-4-2-5-9-15)20(30)18(13-23)16-10-6-3-7-11-16/h2-11,17-18H,24H2,1H3,(H,27,28)/b26-19-/t17-,18+/m1/s1. The molecule has 2 atom stereocenters. The average Bonchev–Trinajstić information content (AvgIpc) is 3.10. The highest BCUT2D eigenvalue weighted by atomic mass is 16.1. The molecular weight excluding hydrogens is 380 g/mol. The minimum atomic E-state index is -1.12. The molecule has 30 heavy (non-hydrogen) atoms. The first kappa shape index (κ1) is 20.2. The molecule has 0 aliphatic rings. The van der Waals surface area contributed by atoms with Gasteiger partial charge in [-0.2, -0.15) is 15.6 Å². The first-order chi connectivity index (χ1) is 14.6. The summed E-state index contributed by atoms with van der Waals surface area (Å²) >= 11 is 0. The lowest BCUT2D eigenvalue weighted by molar-refractivity contribution is -0.113. The highest BCUT2D eigenvalue weighted by molar-refractivity contribution is 6.45. The summed E-state index contributed by atoms with van der Waals surface area (Å²) in [5.41, 5.74) is 3.56. The second kappa shape index (κ2) is 9.13. The largest absolute Gasteiger partial charge is 0.335 e. The van der Waals surface area contributed by atoms with E-state index in [-0.39, 0.29) is 11.7 Å². The molecule has 0 radical (unpaired) electrons. The molecule has 3 rings (SSSR count). The maximum Gasteiger partial charge on any atom is 0.263 e. The minimum Gasteiger partial charge on any atom is -0.335 e. The van der Waals surface area contributed by atoms with Gasteiger partial charge in [-0.05, 0) is 18.1 Å². The molecule has 0 saturated heterocycles. The molecule has 148 valence electrons. The molecule has 0 amide bonds. The number of nitrogens with one attached hydrogen (secondary N) is 1. The van der Waals surface area contributed by atoms with E-state index < -0.39 is 17.6 Å². The predicted octanol–water partition coefficient (Wildman–Crippen LogP) is 2.25. The molecule has 1 heterocycles. The predicted molar refractivity (Wildman–Crippen MR) is 111 cm³/mol. The van der Waals surface area contributed by atoms with Crippen molar-refractivity contribution >= 4 is 17.4 Å². The second-order valence-electron chi connectivity index (χ2n) is 6.36. The van der Waals surface area contributed by atoms with Crippen molar-refractivity contribution in [2.24, 2.45) is 5.10 Å². The Labute approximate surface area is 173 Å². The Bertz CT molecular complexity index is 1140. The number of rotatable bonds is 7. The Balaban J connectivity index is 2.05. The molecule has 0 spiro atoms. The van der Waals surface area contributed by atoms with Gasteiger partial charge >= 0.3 is 0 Å². The van der Waals surface area contributed by atoms with Gasteiger partial charge in [0.25, 0.3) is 5.95 Å². The summed E-state index contributed by atoms with van der Waals surface area (Å²) in [4.78, 5) is 13.3. The normalized spacial score (nSPS) is 13.0. The number of aryl methyl sites for hydroxylation is 1. The van der Waals surface area contributed by atoms with Gasteiger partial charge in [0.15, 0.2) is 5.82 Å². The van der Waals surface area contributed by atoms with Gasteiger partial charge in [-0.25, -0.2) is 10.1 Å². The van der Waals surface area contributed by atoms with Crippen LogP contribution < -0.4 is 11.3 Å². The number of carbonyl (C=O) groups excluding carboxylic acids is 1. The Morgan fingerprint density at radius 2 is 1.53 bits per heavy atom. The number of benzene rings is 2. The second-order valence-corrected chi connectivity index (χ2v) is 6.36. The monoisotopic (exact) mass is 398 g/mol. The zero-order chi connectivity index (χ0) is 21.5. The smallest absolute Gasteiger partial charge is 0.263 e. The molecule has 9 nitrogen and oxygen atoms in total. The molecule has 0 unspecified atom stereocenters. The zero-order valence-corrected chi connectivity index (χ0v) is 16.1. The van der Waals surface area contributed by atoms with Crippen LogP contribution in [-0.2, 0) is 4.79 Å². The van der Waals surface area contributed by atoms with Crippen LogP contribution in [0.2, 0.25) is 0 Å². The number of nitrogen functional groups attached to an aromatic ring is 1. The van der Waals surface area contributed by atoms with Gasteiger partial charge < -0.3 is 5.84 Å². The fraction of sp³-hybridized carbons (Fsp3) is 0.143. The van der Waals surface area contributed by atoms with E-state index in [2.05, 4.69) is 26.8 Å². The van der Waals surface area contributed by atoms with E-state index in [9.17, 15) is 15.3 Å². The quantitative estimate of drug-likeness (QED) is 0.352. The number of nitrogens with zero attached hydrogens (tertiary/aromatic N) is 6. The van der Waals surface area contributed by atoms with Crippen LogP contribution >= 0.6 is 0 Å². The number of carbonyl (C=O) groups is 1. The third-order valence-corrected chi connectivity index (χ3v) is 4.45. The van der Waals surface area contributed by atoms with Gasteiger partial charge in [-0.1, -0.05) is 60.7 Å². The van der Waals surface area contributed by atoms with Crippen molar-refractivity contribution in [1.82, 2.24) is 14.9 Å². The fourth-order valence-electron chi connectivity index (χ4n) is 2.83. The number of hydrogen-bond acceptors (Lipinski definition) is 8. The summed E-state index contributed by atoms with van der Waals surface area (Å²) in [6, 6.07) is 21.5. The maximum absolute atomic E-state index is 13.3. The topological polar surface area (TPSA) is 146 Å². The van der Waals surface area contributed by atoms with Crippen molar-refractivity contribution in [2.45, 2.75) is 18.8 Å². The molecule has 0 fully saturated rings. The highest BCUT2D eigenvalue weighted by Gasteiger charge is 2.32. The van der Waals surface area contributed by atoms with Crippen molar-refractivity contribution in [3.63, 3.8) is 0 Å². The van der Waals surface area contributed by atoms with E-state index >= 15 is 0 Å². The number of hydrogen-bond donors (Lipinski definition) is 2. The van der Waals surface area contributed by atoms with Crippen LogP contribution in [-0.4, -0.2) is 26.4 Å². The van der Waals surface area contributed by atoms with Crippen molar-refractivity contribution < 1.29 is 4.79 Å². The van der Waals surface area contributed by atoms with E-state index in [0.717, 1.165) is 4.68 Å². The average molecular weight is 398 g/mol. The number of anilines is 1. The summed E-state index contributed by atoms with van der Waals surface area (Å²) in [6.07, 6.45) is 0. The molecule has 1 aromatic heterocycles. The van der Waals surface area contributed by atoms with Gasteiger partial charge in [-0.3, -0.25) is 4.79 Å². The molecular formula is C21H18N8O. The van der Waals surface area contributed by atoms with E-state index in [1.807, 2.05) is 6.07 Å². The summed E-state index contributed by atoms with van der Waals surface area (Å²) in [5.74, 6) is 3.63. The highest BCUT2D eigenvalue weighted by Crippen LogP contribution is 2.24. The number of ketones is 1. The van der Waals surface area contributed by atoms with Crippen LogP contribution in [0.15, 0.2) is 65.8 Å². The zero-order valence-electron chi connectivity index (χ0n) is 16.1. The summed E-state index contributed by atoms with van der Waals surface area (Å²) in [5, 5.41) is 31.3. The number of Topliss-reactive ketones (excluding diaryl/α,β-unsaturated/α-hetero) is 1. The lowest BCUT2D eigenvalue weighted by Crippen LogP contribution is -2.28. The number of nitriles is 2. The van der Waals surface area contributed by atoms with E-state index in [4.69, 9.17) is 5.84 Å². The number of hydrazone groups is 1. The van der Waals surface area contributed by atoms with Gasteiger partial charge in [0.2, 0.25) is 5.78 Å². The van der Waals surface area contributed by atoms with Crippen LogP contribution in [0.5, 0.6) is 0 Å². The SMILES string of the molecule is Cc1nnc(N/N=C(\C(=O)[C@@H](C#N)c2ccccc2)[C@H](C#N)c2ccccc2)n1N. The third kappa shape index (κ3) is 4.16. The van der Waals surface area contributed by atoms with Gasteiger partial charge in [0.1, 0.15) is 17.5 Å². The minimum absolute atomic E-state index is 0.0933. The van der Waals surface area contributed by atoms with E-state index in [1.54, 1.807) is 67.6 Å². The van der Waals surface area contributed by atoms with Crippen molar-refractivity contribution in [2.75, 3.05) is 11.3 Å². The molecule has 2 aromatic carbocycles. The van der Waals surface area contributed by atoms with E-state index in [0.29, 0.717) is 17.0 Å². The maximum atomic E-state index is 13.3. The van der Waals surface area contributed by atoms with Crippen molar-refractivity contribution in [3.8, 4) is 12.1 Å². The Morgan fingerprint density at radius 3 is 2.00 bits per heavy atom. The van der Waals surface area contributed by atoms with Crippen LogP contribution in [0.4, 0.5) is 5.95 Å². The van der Waals surface area contributed by atoms with Crippen LogP contribution in [0, 0.1) is 29.6 Å². The molecule has 0 aliphatic heterocycles. The fourth-order valence-corrected chi connectivity index (χ4v) is 2.83.